The minimum absolute atomic E-state index is 0.000986. The molecule has 186 valence electrons. The van der Waals surface area contributed by atoms with Crippen LogP contribution in [0.4, 0.5) is 13.2 Å². The van der Waals surface area contributed by atoms with Crippen LogP contribution < -0.4 is 10.0 Å². The van der Waals surface area contributed by atoms with Crippen LogP contribution in [-0.2, 0) is 22.7 Å². The Kier molecular flexibility index (Phi) is 6.54. The van der Waals surface area contributed by atoms with Crippen molar-refractivity contribution in [3.05, 3.63) is 41.1 Å². The summed E-state index contributed by atoms with van der Waals surface area (Å²) >= 11 is 0. The number of sulfonamides is 1. The number of hydrogen-bond acceptors (Lipinski definition) is 5. The van der Waals surface area contributed by atoms with Gasteiger partial charge in [-0.05, 0) is 43.7 Å². The van der Waals surface area contributed by atoms with Crippen molar-refractivity contribution in [3.63, 3.8) is 0 Å². The third-order valence-electron chi connectivity index (χ3n) is 6.94. The van der Waals surface area contributed by atoms with Gasteiger partial charge in [-0.25, -0.2) is 13.1 Å². The van der Waals surface area contributed by atoms with Crippen LogP contribution in [-0.4, -0.2) is 30.3 Å². The lowest BCUT2D eigenvalue weighted by molar-refractivity contribution is -0.137. The fourth-order valence-electron chi connectivity index (χ4n) is 4.60. The van der Waals surface area contributed by atoms with E-state index in [0.717, 1.165) is 37.8 Å². The molecule has 1 aromatic carbocycles. The Balaban J connectivity index is 1.65. The van der Waals surface area contributed by atoms with Crippen LogP contribution in [0.1, 0.15) is 74.0 Å². The Morgan fingerprint density at radius 2 is 1.79 bits per heavy atom. The van der Waals surface area contributed by atoms with Gasteiger partial charge in [0, 0.05) is 23.7 Å². The number of benzene rings is 1. The lowest BCUT2D eigenvalue weighted by atomic mass is 10.0. The highest BCUT2D eigenvalue weighted by Gasteiger charge is 2.56. The van der Waals surface area contributed by atoms with Gasteiger partial charge in [0.25, 0.3) is 5.91 Å². The van der Waals surface area contributed by atoms with E-state index in [0.29, 0.717) is 12.8 Å². The van der Waals surface area contributed by atoms with Gasteiger partial charge in [-0.15, -0.1) is 0 Å². The molecule has 1 amide bonds. The fourth-order valence-corrected chi connectivity index (χ4v) is 6.49. The van der Waals surface area contributed by atoms with Crippen molar-refractivity contribution in [2.45, 2.75) is 75.9 Å². The minimum atomic E-state index is -4.50. The van der Waals surface area contributed by atoms with Gasteiger partial charge in [0.15, 0.2) is 11.5 Å². The molecule has 2 fully saturated rings. The molecule has 34 heavy (non-hydrogen) atoms. The molecule has 0 spiro atoms. The molecule has 2 aliphatic rings. The Hall–Kier alpha value is -2.40. The molecular weight excluding hydrogens is 471 g/mol. The Labute approximate surface area is 196 Å². The fraction of sp³-hybridized carbons (Fsp3) is 0.565. The van der Waals surface area contributed by atoms with Gasteiger partial charge in [-0.1, -0.05) is 44.0 Å². The average Bonchev–Trinajstić information content (AvgIpc) is 3.26. The Bertz CT molecular complexity index is 1150. The van der Waals surface area contributed by atoms with Crippen LogP contribution in [0.15, 0.2) is 28.8 Å². The van der Waals surface area contributed by atoms with Crippen molar-refractivity contribution in [1.29, 1.82) is 0 Å². The topological polar surface area (TPSA) is 101 Å². The number of aromatic nitrogens is 1. The maximum atomic E-state index is 13.0. The number of alkyl halides is 3. The van der Waals surface area contributed by atoms with Crippen LogP contribution >= 0.6 is 0 Å². The molecule has 0 unspecified atom stereocenters. The molecule has 7 nitrogen and oxygen atoms in total. The standard InChI is InChI=1S/C23H28F3N3O4S/c1-14(2)22(11-12-22)34(31,32)27-13-18-19(21(30)28-17-5-3-4-6-17)29-33-20(18)15-7-9-16(10-8-15)23(24,25)26/h7-10,14,17,27H,3-6,11-13H2,1-2H3,(H,28,30). The van der Waals surface area contributed by atoms with Gasteiger partial charge in [0.05, 0.1) is 10.3 Å². The molecular formula is C23H28F3N3O4S. The predicted molar refractivity (Wildman–Crippen MR) is 119 cm³/mol. The molecule has 0 bridgehead atoms. The first-order valence-electron chi connectivity index (χ1n) is 11.4. The van der Waals surface area contributed by atoms with Crippen LogP contribution in [0.2, 0.25) is 0 Å². The van der Waals surface area contributed by atoms with Crippen molar-refractivity contribution in [3.8, 4) is 11.3 Å². The summed E-state index contributed by atoms with van der Waals surface area (Å²) in [6.45, 7) is 3.43. The van der Waals surface area contributed by atoms with E-state index >= 15 is 0 Å². The zero-order chi connectivity index (χ0) is 24.7. The second-order valence-electron chi connectivity index (χ2n) is 9.41. The number of amides is 1. The molecule has 2 aromatic rings. The Morgan fingerprint density at radius 3 is 2.32 bits per heavy atom. The van der Waals surface area contributed by atoms with Crippen LogP contribution in [0, 0.1) is 5.92 Å². The highest BCUT2D eigenvalue weighted by Crippen LogP contribution is 2.49. The second kappa shape index (κ2) is 8.99. The van der Waals surface area contributed by atoms with Gasteiger partial charge in [0.2, 0.25) is 10.0 Å². The van der Waals surface area contributed by atoms with E-state index in [4.69, 9.17) is 4.52 Å². The lowest BCUT2D eigenvalue weighted by Crippen LogP contribution is -2.39. The molecule has 1 heterocycles. The molecule has 0 atom stereocenters. The molecule has 2 aliphatic carbocycles. The highest BCUT2D eigenvalue weighted by molar-refractivity contribution is 7.91. The Morgan fingerprint density at radius 1 is 1.18 bits per heavy atom. The van der Waals surface area contributed by atoms with Crippen molar-refractivity contribution >= 4 is 15.9 Å². The molecule has 11 heteroatoms. The van der Waals surface area contributed by atoms with Crippen LogP contribution in [0.5, 0.6) is 0 Å². The summed E-state index contributed by atoms with van der Waals surface area (Å²) in [6, 6.07) is 4.25. The van der Waals surface area contributed by atoms with Gasteiger partial charge in [0.1, 0.15) is 0 Å². The van der Waals surface area contributed by atoms with Gasteiger partial charge in [-0.2, -0.15) is 13.2 Å². The quantitative estimate of drug-likeness (QED) is 0.551. The van der Waals surface area contributed by atoms with E-state index in [1.54, 1.807) is 0 Å². The van der Waals surface area contributed by atoms with E-state index in [1.807, 2.05) is 13.8 Å². The molecule has 0 aliphatic heterocycles. The van der Waals surface area contributed by atoms with E-state index in [1.165, 1.54) is 12.1 Å². The first-order chi connectivity index (χ1) is 15.9. The predicted octanol–water partition coefficient (Wildman–Crippen LogP) is 4.64. The molecule has 2 N–H and O–H groups in total. The minimum Gasteiger partial charge on any atom is -0.355 e. The largest absolute Gasteiger partial charge is 0.416 e. The van der Waals surface area contributed by atoms with Crippen molar-refractivity contribution in [2.24, 2.45) is 5.92 Å². The summed E-state index contributed by atoms with van der Waals surface area (Å²) in [5.41, 5.74) is -0.443. The number of halogens is 3. The SMILES string of the molecule is CC(C)C1(S(=O)(=O)NCc2c(C(=O)NC3CCCC3)noc2-c2ccc(C(F)(F)F)cc2)CC1. The first kappa shape index (κ1) is 24.7. The van der Waals surface area contributed by atoms with E-state index in [9.17, 15) is 26.4 Å². The van der Waals surface area contributed by atoms with Crippen LogP contribution in [0.25, 0.3) is 11.3 Å². The number of nitrogens with one attached hydrogen (secondary N) is 2. The summed E-state index contributed by atoms with van der Waals surface area (Å²) in [7, 11) is -3.71. The van der Waals surface area contributed by atoms with Crippen molar-refractivity contribution < 1.29 is 30.9 Å². The summed E-state index contributed by atoms with van der Waals surface area (Å²) in [6.07, 6.45) is 0.284. The maximum absolute atomic E-state index is 13.0. The number of carbonyl (C=O) groups is 1. The van der Waals surface area contributed by atoms with Gasteiger partial charge < -0.3 is 9.84 Å². The molecule has 0 radical (unpaired) electrons. The van der Waals surface area contributed by atoms with E-state index < -0.39 is 32.4 Å². The summed E-state index contributed by atoms with van der Waals surface area (Å²) in [5.74, 6) is -0.526. The first-order valence-corrected chi connectivity index (χ1v) is 12.9. The monoisotopic (exact) mass is 499 g/mol. The molecule has 1 aromatic heterocycles. The zero-order valence-corrected chi connectivity index (χ0v) is 19.9. The summed E-state index contributed by atoms with van der Waals surface area (Å²) in [4.78, 5) is 12.9. The van der Waals surface area contributed by atoms with Crippen molar-refractivity contribution in [1.82, 2.24) is 15.2 Å². The number of rotatable bonds is 8. The third kappa shape index (κ3) is 4.72. The second-order valence-corrected chi connectivity index (χ2v) is 11.5. The van der Waals surface area contributed by atoms with Gasteiger partial charge >= 0.3 is 6.18 Å². The average molecular weight is 500 g/mol. The molecule has 4 rings (SSSR count). The highest BCUT2D eigenvalue weighted by atomic mass is 32.2. The van der Waals surface area contributed by atoms with E-state index in [-0.39, 0.29) is 41.1 Å². The van der Waals surface area contributed by atoms with Crippen LogP contribution in [0.3, 0.4) is 0 Å². The normalized spacial score (nSPS) is 18.4. The zero-order valence-electron chi connectivity index (χ0n) is 19.0. The molecule has 2 saturated carbocycles. The number of nitrogens with zero attached hydrogens (tertiary/aromatic N) is 1. The maximum Gasteiger partial charge on any atom is 0.416 e. The third-order valence-corrected chi connectivity index (χ3v) is 9.41. The van der Waals surface area contributed by atoms with Crippen molar-refractivity contribution in [2.75, 3.05) is 0 Å². The van der Waals surface area contributed by atoms with E-state index in [2.05, 4.69) is 15.2 Å². The molecule has 0 saturated heterocycles. The lowest BCUT2D eigenvalue weighted by Gasteiger charge is -2.20. The van der Waals surface area contributed by atoms with Gasteiger partial charge in [-0.3, -0.25) is 4.79 Å². The summed E-state index contributed by atoms with van der Waals surface area (Å²) in [5, 5.41) is 6.78. The summed E-state index contributed by atoms with van der Waals surface area (Å²) < 4.78 is 72.1. The number of carbonyl (C=O) groups excluding carboxylic acids is 1. The smallest absolute Gasteiger partial charge is 0.355 e. The number of hydrogen-bond donors (Lipinski definition) is 2.